The van der Waals surface area contributed by atoms with Crippen LogP contribution in [0.5, 0.6) is 0 Å². The van der Waals surface area contributed by atoms with Gasteiger partial charge in [-0.25, -0.2) is 9.97 Å². The number of hydrogen-bond acceptors (Lipinski definition) is 8. The lowest BCUT2D eigenvalue weighted by molar-refractivity contribution is -0.120. The first-order valence-electron chi connectivity index (χ1n) is 15.9. The molecule has 0 unspecified atom stereocenters. The lowest BCUT2D eigenvalue weighted by Gasteiger charge is -2.14. The minimum Gasteiger partial charge on any atom is -0.352 e. The molecule has 2 amide bonds. The first kappa shape index (κ1) is 32.4. The topological polar surface area (TPSA) is 130 Å². The van der Waals surface area contributed by atoms with Crippen LogP contribution in [0.25, 0.3) is 39.2 Å². The maximum atomic E-state index is 13.2. The summed E-state index contributed by atoms with van der Waals surface area (Å²) in [7, 11) is 0. The smallest absolute Gasteiger partial charge is 0.262 e. The van der Waals surface area contributed by atoms with E-state index < -0.39 is 0 Å². The molecule has 5 aromatic rings. The third-order valence-electron chi connectivity index (χ3n) is 8.75. The Hall–Kier alpha value is -4.13. The zero-order valence-corrected chi connectivity index (χ0v) is 28.2. The quantitative estimate of drug-likeness (QED) is 0.149. The van der Waals surface area contributed by atoms with E-state index in [1.807, 2.05) is 53.9 Å². The van der Waals surface area contributed by atoms with Gasteiger partial charge in [0, 0.05) is 96.7 Å². The molecule has 7 rings (SSSR count). The van der Waals surface area contributed by atoms with Gasteiger partial charge in [0.1, 0.15) is 10.7 Å². The van der Waals surface area contributed by atoms with Crippen LogP contribution in [0.3, 0.4) is 0 Å². The second-order valence-electron chi connectivity index (χ2n) is 12.1. The van der Waals surface area contributed by atoms with Crippen LogP contribution in [0.1, 0.15) is 36.3 Å². The van der Waals surface area contributed by atoms with Crippen molar-refractivity contribution >= 4 is 52.0 Å². The van der Waals surface area contributed by atoms with Crippen LogP contribution < -0.4 is 26.8 Å². The molecule has 5 heterocycles. The molecule has 2 aliphatic rings. The lowest BCUT2D eigenvalue weighted by atomic mass is 9.97. The van der Waals surface area contributed by atoms with Crippen molar-refractivity contribution in [1.29, 1.82) is 0 Å². The van der Waals surface area contributed by atoms with Crippen molar-refractivity contribution in [3.05, 3.63) is 97.3 Å². The highest BCUT2D eigenvalue weighted by molar-refractivity contribution is 7.09. The molecule has 0 saturated carbocycles. The summed E-state index contributed by atoms with van der Waals surface area (Å²) < 4.78 is 1.53. The van der Waals surface area contributed by atoms with Gasteiger partial charge in [0.05, 0.1) is 15.7 Å². The summed E-state index contributed by atoms with van der Waals surface area (Å²) >= 11 is 15.7. The third-order valence-corrected chi connectivity index (χ3v) is 10.4. The van der Waals surface area contributed by atoms with Crippen LogP contribution in [0.15, 0.2) is 71.1 Å². The van der Waals surface area contributed by atoms with E-state index in [9.17, 15) is 14.4 Å². The number of nitrogens with zero attached hydrogens (tertiary/aromatic N) is 3. The number of pyridine rings is 1. The monoisotopic (exact) mass is 701 g/mol. The Bertz CT molecular complexity index is 2080. The van der Waals surface area contributed by atoms with E-state index in [0.717, 1.165) is 51.4 Å². The number of carbonyl (C=O) groups is 2. The Morgan fingerprint density at radius 1 is 0.833 bits per heavy atom. The van der Waals surface area contributed by atoms with E-state index in [0.29, 0.717) is 60.3 Å². The predicted molar refractivity (Wildman–Crippen MR) is 189 cm³/mol. The Balaban J connectivity index is 1.08. The maximum absolute atomic E-state index is 13.2. The maximum Gasteiger partial charge on any atom is 0.262 e. The molecule has 246 valence electrons. The van der Waals surface area contributed by atoms with Gasteiger partial charge in [0.2, 0.25) is 11.8 Å². The van der Waals surface area contributed by atoms with Crippen LogP contribution in [0, 0.1) is 0 Å². The van der Waals surface area contributed by atoms with Crippen molar-refractivity contribution in [1.82, 2.24) is 35.6 Å². The molecule has 3 aromatic heterocycles. The molecule has 2 atom stereocenters. The Labute approximate surface area is 290 Å². The Morgan fingerprint density at radius 2 is 1.46 bits per heavy atom. The minimum absolute atomic E-state index is 0.0650. The molecule has 48 heavy (non-hydrogen) atoms. The van der Waals surface area contributed by atoms with Gasteiger partial charge in [-0.15, -0.1) is 11.3 Å². The van der Waals surface area contributed by atoms with Crippen LogP contribution in [0.2, 0.25) is 10.0 Å². The number of benzene rings is 2. The number of halogens is 2. The zero-order chi connectivity index (χ0) is 33.2. The lowest BCUT2D eigenvalue weighted by Crippen LogP contribution is -2.36. The van der Waals surface area contributed by atoms with Gasteiger partial charge in [0.25, 0.3) is 5.56 Å². The summed E-state index contributed by atoms with van der Waals surface area (Å²) in [5, 5.41) is 16.6. The van der Waals surface area contributed by atoms with Crippen LogP contribution >= 0.6 is 34.5 Å². The van der Waals surface area contributed by atoms with Crippen LogP contribution in [-0.2, 0) is 22.7 Å². The van der Waals surface area contributed by atoms with E-state index in [-0.39, 0.29) is 29.5 Å². The minimum atomic E-state index is -0.152. The van der Waals surface area contributed by atoms with Crippen molar-refractivity contribution in [2.45, 2.75) is 50.9 Å². The summed E-state index contributed by atoms with van der Waals surface area (Å²) in [4.78, 5) is 45.5. The number of aromatic nitrogens is 3. The number of nitrogens with one attached hydrogen (secondary N) is 4. The molecule has 2 aliphatic heterocycles. The molecule has 10 nitrogen and oxygen atoms in total. The van der Waals surface area contributed by atoms with Crippen molar-refractivity contribution in [2.75, 3.05) is 13.1 Å². The number of amides is 2. The van der Waals surface area contributed by atoms with Gasteiger partial charge in [-0.2, -0.15) is 0 Å². The molecule has 0 spiro atoms. The highest BCUT2D eigenvalue weighted by atomic mass is 35.5. The van der Waals surface area contributed by atoms with Crippen molar-refractivity contribution in [3.63, 3.8) is 0 Å². The molecule has 0 bridgehead atoms. The van der Waals surface area contributed by atoms with Crippen LogP contribution in [0.4, 0.5) is 0 Å². The Kier molecular flexibility index (Phi) is 9.56. The van der Waals surface area contributed by atoms with E-state index in [1.54, 1.807) is 23.7 Å². The van der Waals surface area contributed by atoms with E-state index in [4.69, 9.17) is 28.2 Å². The Morgan fingerprint density at radius 3 is 2.12 bits per heavy atom. The van der Waals surface area contributed by atoms with Crippen molar-refractivity contribution in [2.24, 2.45) is 0 Å². The molecule has 13 heteroatoms. The van der Waals surface area contributed by atoms with Crippen molar-refractivity contribution in [3.8, 4) is 33.5 Å². The molecular formula is C35H33Cl2N7O3S. The second kappa shape index (κ2) is 14.2. The zero-order valence-electron chi connectivity index (χ0n) is 25.9. The van der Waals surface area contributed by atoms with Gasteiger partial charge < -0.3 is 21.3 Å². The molecular weight excluding hydrogens is 669 g/mol. The molecule has 4 N–H and O–H groups in total. The molecule has 0 aliphatic carbocycles. The number of thiazole rings is 1. The number of hydrogen-bond donors (Lipinski definition) is 4. The number of fused-ring (bicyclic) bond motifs is 1. The average molecular weight is 703 g/mol. The normalized spacial score (nSPS) is 17.6. The molecule has 2 aromatic carbocycles. The van der Waals surface area contributed by atoms with Gasteiger partial charge >= 0.3 is 0 Å². The average Bonchev–Trinajstić information content (AvgIpc) is 3.84. The highest BCUT2D eigenvalue weighted by Crippen LogP contribution is 2.42. The van der Waals surface area contributed by atoms with Gasteiger partial charge in [-0.1, -0.05) is 59.6 Å². The van der Waals surface area contributed by atoms with Gasteiger partial charge in [-0.05, 0) is 30.5 Å². The van der Waals surface area contributed by atoms with Gasteiger partial charge in [-0.3, -0.25) is 18.8 Å². The summed E-state index contributed by atoms with van der Waals surface area (Å²) in [6.07, 6.45) is 6.08. The first-order valence-corrected chi connectivity index (χ1v) is 17.5. The third kappa shape index (κ3) is 6.87. The number of rotatable bonds is 11. The predicted octanol–water partition coefficient (Wildman–Crippen LogP) is 5.20. The molecule has 2 fully saturated rings. The highest BCUT2D eigenvalue weighted by Gasteiger charge is 2.22. The number of carbonyl (C=O) groups excluding carboxylic acids is 2. The standard InChI is InChI=1S/C35H33Cl2N7O3S/c36-33-24(20-11-12-44-29(13-20)40-15-21(35(44)47)14-38-16-22-7-9-30(45)41-22)3-1-4-25(33)26-5-2-6-27(34(26)37)28-19-48-32(43-28)18-39-17-23-8-10-31(46)42-23/h1-6,11-13,15,19,22-23,38-39H,7-10,14,16-18H2,(H,41,45)(H,42,46)/t22-,23-/m0/s1. The fourth-order valence-electron chi connectivity index (χ4n) is 6.21. The van der Waals surface area contributed by atoms with Crippen molar-refractivity contribution < 1.29 is 9.59 Å². The summed E-state index contributed by atoms with van der Waals surface area (Å²) in [6, 6.07) is 15.6. The fourth-order valence-corrected chi connectivity index (χ4v) is 7.64. The fraction of sp³-hybridized carbons (Fsp3) is 0.286. The van der Waals surface area contributed by atoms with Crippen LogP contribution in [-0.4, -0.2) is 51.4 Å². The van der Waals surface area contributed by atoms with E-state index in [1.165, 1.54) is 4.40 Å². The molecule has 2 saturated heterocycles. The summed E-state index contributed by atoms with van der Waals surface area (Å²) in [5.74, 6) is 0.173. The largest absolute Gasteiger partial charge is 0.352 e. The van der Waals surface area contributed by atoms with E-state index >= 15 is 0 Å². The SMILES string of the molecule is O=C1CC[C@@H](CNCc2nc(-c3cccc(-c4cccc(-c5ccn6c(=O)c(CNC[C@@H]7CCC(=O)N7)cnc6c5)c4Cl)c3Cl)cs2)N1. The summed E-state index contributed by atoms with van der Waals surface area (Å²) in [5.41, 5.74) is 5.67. The first-order chi connectivity index (χ1) is 23.3. The van der Waals surface area contributed by atoms with Gasteiger partial charge in [0.15, 0.2) is 0 Å². The molecule has 0 radical (unpaired) electrons. The second-order valence-corrected chi connectivity index (χ2v) is 13.8. The van der Waals surface area contributed by atoms with E-state index in [2.05, 4.69) is 26.3 Å². The summed E-state index contributed by atoms with van der Waals surface area (Å²) in [6.45, 7) is 2.27.